The topological polar surface area (TPSA) is 103 Å². The normalized spacial score (nSPS) is 21.7. The molecular formula is C22H25N3O5S. The summed E-state index contributed by atoms with van der Waals surface area (Å²) in [4.78, 5) is 25.6. The standard InChI is InChI=1S/C22H25N3O5S/c1-4-22(2,3)11-5-6-12-17(7-11)31-21-18(12)20(26)23-19(24-21)13-8-15-16(30-10-29-15)9-14(13)25(27)28/h8-9,11,19,24H,4-7,10H2,1-3H3,(H,23,26)/t11-,19-/m1/s1. The Hall–Kier alpha value is -2.81. The number of nitrogens with one attached hydrogen (secondary N) is 2. The SMILES string of the molecule is CCC(C)(C)[C@@H]1CCc2c(sc3c2C(=O)N[C@@H](c2cc4c(cc2[N+](=O)[O-])OCO4)N3)C1. The lowest BCUT2D eigenvalue weighted by Crippen LogP contribution is -2.38. The van der Waals surface area contributed by atoms with Crippen LogP contribution in [-0.2, 0) is 12.8 Å². The third kappa shape index (κ3) is 3.22. The van der Waals surface area contributed by atoms with Gasteiger partial charge in [0.05, 0.1) is 22.1 Å². The van der Waals surface area contributed by atoms with E-state index in [-0.39, 0.29) is 23.8 Å². The maximum atomic E-state index is 13.1. The molecule has 31 heavy (non-hydrogen) atoms. The number of nitro benzene ring substituents is 1. The number of fused-ring (bicyclic) bond motifs is 4. The number of benzene rings is 1. The number of hydrogen-bond donors (Lipinski definition) is 2. The number of nitro groups is 1. The molecule has 3 aliphatic rings. The second-order valence-corrected chi connectivity index (χ2v) is 10.2. The molecule has 1 amide bonds. The summed E-state index contributed by atoms with van der Waals surface area (Å²) < 4.78 is 10.7. The minimum Gasteiger partial charge on any atom is -0.454 e. The third-order valence-electron chi connectivity index (χ3n) is 7.09. The number of nitrogens with zero attached hydrogens (tertiary/aromatic N) is 1. The van der Waals surface area contributed by atoms with E-state index in [2.05, 4.69) is 31.4 Å². The molecule has 164 valence electrons. The number of thiophene rings is 1. The van der Waals surface area contributed by atoms with Crippen LogP contribution in [0.2, 0.25) is 0 Å². The number of amides is 1. The highest BCUT2D eigenvalue weighted by Crippen LogP contribution is 2.48. The van der Waals surface area contributed by atoms with Gasteiger partial charge in [-0.25, -0.2) is 0 Å². The van der Waals surface area contributed by atoms with E-state index in [1.54, 1.807) is 17.4 Å². The first-order chi connectivity index (χ1) is 14.8. The van der Waals surface area contributed by atoms with E-state index in [9.17, 15) is 14.9 Å². The van der Waals surface area contributed by atoms with E-state index in [1.807, 2.05) is 0 Å². The van der Waals surface area contributed by atoms with Crippen molar-refractivity contribution >= 4 is 27.9 Å². The number of ether oxygens (including phenoxy) is 2. The van der Waals surface area contributed by atoms with Crippen molar-refractivity contribution in [2.45, 2.75) is 52.6 Å². The largest absolute Gasteiger partial charge is 0.454 e. The summed E-state index contributed by atoms with van der Waals surface area (Å²) in [5.74, 6) is 1.18. The number of hydrogen-bond acceptors (Lipinski definition) is 7. The van der Waals surface area contributed by atoms with Gasteiger partial charge in [0, 0.05) is 4.88 Å². The van der Waals surface area contributed by atoms with Gasteiger partial charge in [-0.2, -0.15) is 0 Å². The summed E-state index contributed by atoms with van der Waals surface area (Å²) in [6.07, 6.45) is 3.34. The molecule has 5 rings (SSSR count). The van der Waals surface area contributed by atoms with Crippen molar-refractivity contribution in [1.82, 2.24) is 5.32 Å². The lowest BCUT2D eigenvalue weighted by Gasteiger charge is -2.36. The Morgan fingerprint density at radius 2 is 2.00 bits per heavy atom. The van der Waals surface area contributed by atoms with Crippen LogP contribution in [0.3, 0.4) is 0 Å². The number of carbonyl (C=O) groups is 1. The summed E-state index contributed by atoms with van der Waals surface area (Å²) in [6, 6.07) is 2.94. The Kier molecular flexibility index (Phi) is 4.62. The number of carbonyl (C=O) groups excluding carboxylic acids is 1. The maximum Gasteiger partial charge on any atom is 0.280 e. The van der Waals surface area contributed by atoms with Crippen LogP contribution in [0.4, 0.5) is 10.7 Å². The van der Waals surface area contributed by atoms with Crippen LogP contribution in [0.15, 0.2) is 12.1 Å². The quantitative estimate of drug-likeness (QED) is 0.521. The first kappa shape index (κ1) is 20.1. The Morgan fingerprint density at radius 1 is 1.26 bits per heavy atom. The molecule has 0 unspecified atom stereocenters. The second-order valence-electron chi connectivity index (χ2n) is 9.06. The summed E-state index contributed by atoms with van der Waals surface area (Å²) in [6.45, 7) is 6.89. The van der Waals surface area contributed by atoms with E-state index in [1.165, 1.54) is 10.9 Å². The molecule has 2 N–H and O–H groups in total. The predicted octanol–water partition coefficient (Wildman–Crippen LogP) is 4.78. The van der Waals surface area contributed by atoms with Crippen LogP contribution < -0.4 is 20.1 Å². The fraction of sp³-hybridized carbons (Fsp3) is 0.500. The molecule has 1 aliphatic carbocycles. The van der Waals surface area contributed by atoms with Gasteiger partial charge < -0.3 is 20.1 Å². The van der Waals surface area contributed by atoms with Crippen LogP contribution >= 0.6 is 11.3 Å². The molecule has 0 spiro atoms. The molecule has 1 aromatic heterocycles. The van der Waals surface area contributed by atoms with E-state index in [4.69, 9.17) is 9.47 Å². The predicted molar refractivity (Wildman–Crippen MR) is 117 cm³/mol. The number of rotatable bonds is 4. The zero-order valence-corrected chi connectivity index (χ0v) is 18.6. The lowest BCUT2D eigenvalue weighted by atomic mass is 9.69. The fourth-order valence-corrected chi connectivity index (χ4v) is 6.10. The summed E-state index contributed by atoms with van der Waals surface area (Å²) >= 11 is 1.61. The van der Waals surface area contributed by atoms with E-state index in [0.29, 0.717) is 28.5 Å². The highest BCUT2D eigenvalue weighted by molar-refractivity contribution is 7.16. The average molecular weight is 444 g/mol. The Labute approximate surface area is 184 Å². The van der Waals surface area contributed by atoms with Crippen molar-refractivity contribution in [3.8, 4) is 11.5 Å². The molecule has 0 fully saturated rings. The second kappa shape index (κ2) is 7.12. The van der Waals surface area contributed by atoms with Crippen molar-refractivity contribution in [1.29, 1.82) is 0 Å². The van der Waals surface area contributed by atoms with Crippen LogP contribution in [0.25, 0.3) is 0 Å². The van der Waals surface area contributed by atoms with Crippen LogP contribution in [0.1, 0.15) is 66.1 Å². The average Bonchev–Trinajstić information content (AvgIpc) is 3.35. The minimum atomic E-state index is -0.710. The van der Waals surface area contributed by atoms with Crippen LogP contribution in [0, 0.1) is 21.4 Å². The molecule has 2 aromatic rings. The van der Waals surface area contributed by atoms with Crippen molar-refractivity contribution in [2.24, 2.45) is 11.3 Å². The van der Waals surface area contributed by atoms with E-state index in [0.717, 1.165) is 36.2 Å². The van der Waals surface area contributed by atoms with Crippen LogP contribution in [-0.4, -0.2) is 17.6 Å². The summed E-state index contributed by atoms with van der Waals surface area (Å²) in [7, 11) is 0. The van der Waals surface area contributed by atoms with Gasteiger partial charge >= 0.3 is 0 Å². The van der Waals surface area contributed by atoms with Gasteiger partial charge in [0.15, 0.2) is 11.5 Å². The first-order valence-electron chi connectivity index (χ1n) is 10.6. The molecular weight excluding hydrogens is 418 g/mol. The molecule has 8 nitrogen and oxygen atoms in total. The lowest BCUT2D eigenvalue weighted by molar-refractivity contribution is -0.385. The fourth-order valence-electron chi connectivity index (χ4n) is 4.75. The molecule has 1 aromatic carbocycles. The summed E-state index contributed by atoms with van der Waals surface area (Å²) in [5.41, 5.74) is 2.33. The molecule has 2 atom stereocenters. The monoisotopic (exact) mass is 443 g/mol. The van der Waals surface area contributed by atoms with Gasteiger partial charge in [0.25, 0.3) is 11.6 Å². The molecule has 0 saturated carbocycles. The minimum absolute atomic E-state index is 0.0253. The van der Waals surface area contributed by atoms with Gasteiger partial charge in [0.1, 0.15) is 11.2 Å². The Morgan fingerprint density at radius 3 is 2.71 bits per heavy atom. The highest BCUT2D eigenvalue weighted by atomic mass is 32.1. The third-order valence-corrected chi connectivity index (χ3v) is 8.27. The van der Waals surface area contributed by atoms with Gasteiger partial charge in [-0.05, 0) is 42.2 Å². The molecule has 0 radical (unpaired) electrons. The van der Waals surface area contributed by atoms with Crippen molar-refractivity contribution in [3.05, 3.63) is 43.8 Å². The smallest absolute Gasteiger partial charge is 0.280 e. The van der Waals surface area contributed by atoms with Crippen LogP contribution in [0.5, 0.6) is 11.5 Å². The molecule has 0 bridgehead atoms. The Bertz CT molecular complexity index is 1090. The molecule has 9 heteroatoms. The maximum absolute atomic E-state index is 13.1. The van der Waals surface area contributed by atoms with Crippen molar-refractivity contribution in [2.75, 3.05) is 12.1 Å². The molecule has 2 aliphatic heterocycles. The zero-order chi connectivity index (χ0) is 21.9. The Balaban J connectivity index is 1.49. The molecule has 0 saturated heterocycles. The van der Waals surface area contributed by atoms with Gasteiger partial charge in [-0.15, -0.1) is 11.3 Å². The van der Waals surface area contributed by atoms with E-state index >= 15 is 0 Å². The van der Waals surface area contributed by atoms with Gasteiger partial charge in [-0.3, -0.25) is 14.9 Å². The molecule has 3 heterocycles. The zero-order valence-electron chi connectivity index (χ0n) is 17.7. The van der Waals surface area contributed by atoms with Gasteiger partial charge in [-0.1, -0.05) is 27.2 Å². The highest BCUT2D eigenvalue weighted by Gasteiger charge is 2.39. The van der Waals surface area contributed by atoms with Crippen molar-refractivity contribution < 1.29 is 19.2 Å². The van der Waals surface area contributed by atoms with E-state index < -0.39 is 11.1 Å². The first-order valence-corrected chi connectivity index (χ1v) is 11.4. The number of anilines is 1. The summed E-state index contributed by atoms with van der Waals surface area (Å²) in [5, 5.41) is 18.7. The van der Waals surface area contributed by atoms with Gasteiger partial charge in [0.2, 0.25) is 6.79 Å². The van der Waals surface area contributed by atoms with Crippen molar-refractivity contribution in [3.63, 3.8) is 0 Å².